The van der Waals surface area contributed by atoms with E-state index in [0.29, 0.717) is 23.0 Å². The van der Waals surface area contributed by atoms with Gasteiger partial charge >= 0.3 is 0 Å². The van der Waals surface area contributed by atoms with Gasteiger partial charge in [-0.25, -0.2) is 15.0 Å². The quantitative estimate of drug-likeness (QED) is 0.197. The zero-order valence-electron chi connectivity index (χ0n) is 26.1. The highest BCUT2D eigenvalue weighted by Crippen LogP contribution is 2.50. The fourth-order valence-corrected chi connectivity index (χ4v) is 6.59. The number of nitriles is 1. The molecule has 7 aromatic rings. The first-order valence-corrected chi connectivity index (χ1v) is 15.8. The highest BCUT2D eigenvalue weighted by Gasteiger charge is 2.35. The van der Waals surface area contributed by atoms with Gasteiger partial charge in [-0.1, -0.05) is 141 Å². The predicted molar refractivity (Wildman–Crippen MR) is 189 cm³/mol. The van der Waals surface area contributed by atoms with Crippen LogP contribution in [-0.2, 0) is 5.41 Å². The van der Waals surface area contributed by atoms with Gasteiger partial charge in [0.05, 0.1) is 11.6 Å². The summed E-state index contributed by atoms with van der Waals surface area (Å²) in [6.07, 6.45) is 0. The average Bonchev–Trinajstić information content (AvgIpc) is 3.37. The molecule has 0 radical (unpaired) electrons. The van der Waals surface area contributed by atoms with E-state index in [-0.39, 0.29) is 5.41 Å². The average molecular weight is 603 g/mol. The van der Waals surface area contributed by atoms with Gasteiger partial charge in [-0.2, -0.15) is 5.26 Å². The standard InChI is InChI=1S/C43H30N4/c1-43(2)38-25-28(27-44)13-23-36(38)37-24-22-35(26-39(37)43)31-16-14-29(15-17-31)30-18-20-34(21-19-30)42-46-40(32-9-5-3-6-10-32)45-41(47-42)33-11-7-4-8-12-33/h3-26H,1-2H3. The Morgan fingerprint density at radius 2 is 0.809 bits per heavy atom. The van der Waals surface area contributed by atoms with Crippen LogP contribution < -0.4 is 0 Å². The van der Waals surface area contributed by atoms with Crippen molar-refractivity contribution in [2.24, 2.45) is 0 Å². The van der Waals surface area contributed by atoms with Gasteiger partial charge in [0.25, 0.3) is 0 Å². The SMILES string of the molecule is CC1(C)c2cc(C#N)ccc2-c2ccc(-c3ccc(-c4ccc(-c5nc(-c6ccccc6)nc(-c6ccccc6)n5)cc4)cc3)cc21. The van der Waals surface area contributed by atoms with Gasteiger partial charge in [-0.05, 0) is 62.7 Å². The molecule has 0 amide bonds. The van der Waals surface area contributed by atoms with E-state index in [1.165, 1.54) is 33.4 Å². The van der Waals surface area contributed by atoms with Crippen LogP contribution in [0.25, 0.3) is 67.5 Å². The summed E-state index contributed by atoms with van der Waals surface area (Å²) in [7, 11) is 0. The third-order valence-electron chi connectivity index (χ3n) is 9.20. The number of nitrogens with zero attached hydrogens (tertiary/aromatic N) is 4. The van der Waals surface area contributed by atoms with Gasteiger partial charge in [0.2, 0.25) is 0 Å². The predicted octanol–water partition coefficient (Wildman–Crippen LogP) is 10.4. The topological polar surface area (TPSA) is 62.5 Å². The van der Waals surface area contributed by atoms with E-state index in [1.807, 2.05) is 72.8 Å². The van der Waals surface area contributed by atoms with Crippen LogP contribution >= 0.6 is 0 Å². The van der Waals surface area contributed by atoms with Crippen molar-refractivity contribution in [3.8, 4) is 73.6 Å². The fraction of sp³-hybridized carbons (Fsp3) is 0.0698. The molecule has 0 saturated heterocycles. The van der Waals surface area contributed by atoms with E-state index in [9.17, 15) is 5.26 Å². The monoisotopic (exact) mass is 602 g/mol. The first kappa shape index (κ1) is 28.3. The van der Waals surface area contributed by atoms with Gasteiger partial charge in [0.15, 0.2) is 17.5 Å². The van der Waals surface area contributed by atoms with Crippen molar-refractivity contribution >= 4 is 0 Å². The lowest BCUT2D eigenvalue weighted by molar-refractivity contribution is 0.660. The summed E-state index contributed by atoms with van der Waals surface area (Å²) in [6, 6.07) is 52.3. The van der Waals surface area contributed by atoms with E-state index < -0.39 is 0 Å². The zero-order chi connectivity index (χ0) is 32.0. The molecule has 1 aliphatic carbocycles. The van der Waals surface area contributed by atoms with Crippen LogP contribution in [0, 0.1) is 11.3 Å². The van der Waals surface area contributed by atoms with E-state index in [2.05, 4.69) is 92.7 Å². The highest BCUT2D eigenvalue weighted by molar-refractivity contribution is 5.84. The molecule has 0 spiro atoms. The Balaban J connectivity index is 1.08. The highest BCUT2D eigenvalue weighted by atomic mass is 15.0. The van der Waals surface area contributed by atoms with E-state index in [1.54, 1.807) is 0 Å². The van der Waals surface area contributed by atoms with E-state index >= 15 is 0 Å². The van der Waals surface area contributed by atoms with Crippen molar-refractivity contribution < 1.29 is 0 Å². The summed E-state index contributed by atoms with van der Waals surface area (Å²) < 4.78 is 0. The molecule has 47 heavy (non-hydrogen) atoms. The number of hydrogen-bond acceptors (Lipinski definition) is 4. The second-order valence-corrected chi connectivity index (χ2v) is 12.5. The van der Waals surface area contributed by atoms with Crippen LogP contribution in [0.2, 0.25) is 0 Å². The van der Waals surface area contributed by atoms with Crippen LogP contribution in [0.3, 0.4) is 0 Å². The molecule has 0 N–H and O–H groups in total. The molecule has 1 aliphatic rings. The molecule has 0 saturated carbocycles. The molecule has 0 atom stereocenters. The lowest BCUT2D eigenvalue weighted by atomic mass is 9.81. The Morgan fingerprint density at radius 1 is 0.426 bits per heavy atom. The third-order valence-corrected chi connectivity index (χ3v) is 9.20. The minimum absolute atomic E-state index is 0.169. The number of fused-ring (bicyclic) bond motifs is 3. The molecule has 1 aromatic heterocycles. The molecular formula is C43H30N4. The van der Waals surface area contributed by atoms with Crippen molar-refractivity contribution in [1.82, 2.24) is 15.0 Å². The lowest BCUT2D eigenvalue weighted by Gasteiger charge is -2.22. The Morgan fingerprint density at radius 3 is 1.30 bits per heavy atom. The third kappa shape index (κ3) is 5.09. The normalized spacial score (nSPS) is 12.6. The summed E-state index contributed by atoms with van der Waals surface area (Å²) in [5.41, 5.74) is 13.0. The molecule has 4 nitrogen and oxygen atoms in total. The van der Waals surface area contributed by atoms with Gasteiger partial charge in [0.1, 0.15) is 0 Å². The van der Waals surface area contributed by atoms with Crippen molar-refractivity contribution in [2.45, 2.75) is 19.3 Å². The smallest absolute Gasteiger partial charge is 0.164 e. The Labute approximate surface area is 274 Å². The maximum Gasteiger partial charge on any atom is 0.164 e. The first-order chi connectivity index (χ1) is 23.0. The van der Waals surface area contributed by atoms with Gasteiger partial charge in [-0.15, -0.1) is 0 Å². The summed E-state index contributed by atoms with van der Waals surface area (Å²) in [4.78, 5) is 14.5. The largest absolute Gasteiger partial charge is 0.208 e. The van der Waals surface area contributed by atoms with Crippen molar-refractivity contribution in [1.29, 1.82) is 5.26 Å². The minimum Gasteiger partial charge on any atom is -0.208 e. The molecule has 0 aliphatic heterocycles. The molecule has 222 valence electrons. The Bertz CT molecular complexity index is 2240. The maximum atomic E-state index is 9.46. The molecule has 0 fully saturated rings. The molecule has 1 heterocycles. The van der Waals surface area contributed by atoms with E-state index in [0.717, 1.165) is 27.8 Å². The van der Waals surface area contributed by atoms with E-state index in [4.69, 9.17) is 15.0 Å². The lowest BCUT2D eigenvalue weighted by Crippen LogP contribution is -2.15. The first-order valence-electron chi connectivity index (χ1n) is 15.8. The Kier molecular flexibility index (Phi) is 6.82. The van der Waals surface area contributed by atoms with Crippen LogP contribution in [0.1, 0.15) is 30.5 Å². The van der Waals surface area contributed by atoms with Crippen molar-refractivity contribution in [3.05, 3.63) is 162 Å². The number of aromatic nitrogens is 3. The minimum atomic E-state index is -0.169. The fourth-order valence-electron chi connectivity index (χ4n) is 6.59. The summed E-state index contributed by atoms with van der Waals surface area (Å²) >= 11 is 0. The van der Waals surface area contributed by atoms with Crippen molar-refractivity contribution in [2.75, 3.05) is 0 Å². The second kappa shape index (κ2) is 11.3. The van der Waals surface area contributed by atoms with Crippen LogP contribution in [0.4, 0.5) is 0 Å². The van der Waals surface area contributed by atoms with Crippen LogP contribution in [0.5, 0.6) is 0 Å². The Hall–Kier alpha value is -6.18. The van der Waals surface area contributed by atoms with Gasteiger partial charge in [-0.3, -0.25) is 0 Å². The molecule has 6 aromatic carbocycles. The van der Waals surface area contributed by atoms with Crippen molar-refractivity contribution in [3.63, 3.8) is 0 Å². The number of rotatable bonds is 5. The van der Waals surface area contributed by atoms with Gasteiger partial charge in [0, 0.05) is 22.1 Å². The second-order valence-electron chi connectivity index (χ2n) is 12.5. The van der Waals surface area contributed by atoms with Gasteiger partial charge < -0.3 is 0 Å². The molecular weight excluding hydrogens is 573 g/mol. The molecule has 8 rings (SSSR count). The van der Waals surface area contributed by atoms with Crippen LogP contribution in [-0.4, -0.2) is 15.0 Å². The van der Waals surface area contributed by atoms with Crippen LogP contribution in [0.15, 0.2) is 146 Å². The molecule has 0 unspecified atom stereocenters. The summed E-state index contributed by atoms with van der Waals surface area (Å²) in [5.74, 6) is 1.95. The number of benzene rings is 6. The molecule has 0 bridgehead atoms. The maximum absolute atomic E-state index is 9.46. The summed E-state index contributed by atoms with van der Waals surface area (Å²) in [6.45, 7) is 4.49. The molecule has 4 heteroatoms. The zero-order valence-corrected chi connectivity index (χ0v) is 26.1. The summed E-state index contributed by atoms with van der Waals surface area (Å²) in [5, 5.41) is 9.46. The number of hydrogen-bond donors (Lipinski definition) is 0.